The van der Waals surface area contributed by atoms with Crippen LogP contribution in [-0.4, -0.2) is 34.3 Å². The van der Waals surface area contributed by atoms with E-state index in [1.807, 2.05) is 0 Å². The van der Waals surface area contributed by atoms with Crippen LogP contribution in [0, 0.1) is 0 Å². The van der Waals surface area contributed by atoms with Gasteiger partial charge >= 0.3 is 0 Å². The highest BCUT2D eigenvalue weighted by atomic mass is 79.9. The summed E-state index contributed by atoms with van der Waals surface area (Å²) in [6, 6.07) is 10.3. The first-order valence-electron chi connectivity index (χ1n) is 7.67. The number of hydrogen-bond donors (Lipinski definition) is 1. The van der Waals surface area contributed by atoms with Gasteiger partial charge in [0.2, 0.25) is 0 Å². The molecule has 1 heterocycles. The maximum atomic E-state index is 12.5. The number of phenolic OH excluding ortho intramolecular Hbond substituents is 1. The maximum Gasteiger partial charge on any atom is 0.293 e. The van der Waals surface area contributed by atoms with E-state index in [9.17, 15) is 14.7 Å². The number of ether oxygens (including phenoxy) is 1. The third kappa shape index (κ3) is 4.68. The molecule has 0 bridgehead atoms. The second-order valence-electron chi connectivity index (χ2n) is 5.45. The van der Waals surface area contributed by atoms with Crippen molar-refractivity contribution in [2.24, 2.45) is 0 Å². The molecule has 1 aliphatic rings. The number of halogens is 3. The minimum absolute atomic E-state index is 0.0666. The molecule has 140 valence electrons. The van der Waals surface area contributed by atoms with Gasteiger partial charge in [0.15, 0.2) is 0 Å². The van der Waals surface area contributed by atoms with Crippen molar-refractivity contribution in [1.29, 1.82) is 0 Å². The van der Waals surface area contributed by atoms with Crippen LogP contribution in [0.2, 0.25) is 5.02 Å². The van der Waals surface area contributed by atoms with Crippen molar-refractivity contribution in [2.45, 2.75) is 0 Å². The van der Waals surface area contributed by atoms with E-state index >= 15 is 0 Å². The van der Waals surface area contributed by atoms with Gasteiger partial charge in [-0.15, -0.1) is 0 Å². The minimum Gasteiger partial charge on any atom is -0.506 e. The summed E-state index contributed by atoms with van der Waals surface area (Å²) in [7, 11) is 0. The Kier molecular flexibility index (Phi) is 6.52. The molecule has 1 N–H and O–H groups in total. The van der Waals surface area contributed by atoms with Crippen LogP contribution < -0.4 is 4.74 Å². The van der Waals surface area contributed by atoms with Gasteiger partial charge in [0, 0.05) is 0 Å². The van der Waals surface area contributed by atoms with E-state index in [-0.39, 0.29) is 30.0 Å². The molecule has 1 fully saturated rings. The lowest BCUT2D eigenvalue weighted by Gasteiger charge is -2.13. The predicted octanol–water partition coefficient (Wildman–Crippen LogP) is 5.69. The molecule has 2 aromatic carbocycles. The maximum absolute atomic E-state index is 12.5. The van der Waals surface area contributed by atoms with Crippen LogP contribution in [-0.2, 0) is 4.79 Å². The molecule has 0 unspecified atom stereocenters. The number of carbonyl (C=O) groups excluding carboxylic acids is 2. The van der Waals surface area contributed by atoms with Gasteiger partial charge in [-0.2, -0.15) is 0 Å². The molecule has 2 aromatic rings. The first-order valence-corrected chi connectivity index (χ1v) is 10.5. The number of hydrogen-bond acceptors (Lipinski definition) is 5. The number of nitrogens with zero attached hydrogens (tertiary/aromatic N) is 1. The second-order valence-corrected chi connectivity index (χ2v) is 8.55. The molecule has 3 rings (SSSR count). The van der Waals surface area contributed by atoms with Gasteiger partial charge in [-0.05, 0) is 79.5 Å². The molecular formula is C18H12Br2ClNO4S. The molecule has 9 heteroatoms. The highest BCUT2D eigenvalue weighted by Gasteiger charge is 2.34. The molecule has 5 nitrogen and oxygen atoms in total. The smallest absolute Gasteiger partial charge is 0.293 e. The average Bonchev–Trinajstić information content (AvgIpc) is 2.88. The number of rotatable bonds is 5. The fourth-order valence-electron chi connectivity index (χ4n) is 2.32. The van der Waals surface area contributed by atoms with Gasteiger partial charge in [-0.3, -0.25) is 14.5 Å². The topological polar surface area (TPSA) is 66.8 Å². The standard InChI is InChI=1S/C18H12Br2ClNO4S/c19-11-7-10(8-12(20)16(11)23)9-15-17(24)22(18(25)27-15)5-6-26-14-4-2-1-3-13(14)21/h1-4,7-9,23H,5-6H2/b15-9-. The van der Waals surface area contributed by atoms with Gasteiger partial charge in [0.25, 0.3) is 11.1 Å². The first-order chi connectivity index (χ1) is 12.9. The third-order valence-corrected chi connectivity index (χ3v) is 6.05. The summed E-state index contributed by atoms with van der Waals surface area (Å²) in [4.78, 5) is 26.1. The SMILES string of the molecule is O=C1S/C(=C\c2cc(Br)c(O)c(Br)c2)C(=O)N1CCOc1ccccc1Cl. The Morgan fingerprint density at radius 1 is 1.19 bits per heavy atom. The molecule has 27 heavy (non-hydrogen) atoms. The molecule has 0 atom stereocenters. The molecule has 0 spiro atoms. The minimum atomic E-state index is -0.381. The molecule has 2 amide bonds. The number of benzene rings is 2. The van der Waals surface area contributed by atoms with Crippen molar-refractivity contribution >= 4 is 72.4 Å². The van der Waals surface area contributed by atoms with Crippen LogP contribution in [0.4, 0.5) is 4.79 Å². The lowest BCUT2D eigenvalue weighted by atomic mass is 10.2. The lowest BCUT2D eigenvalue weighted by molar-refractivity contribution is -0.123. The lowest BCUT2D eigenvalue weighted by Crippen LogP contribution is -2.32. The summed E-state index contributed by atoms with van der Waals surface area (Å²) in [5.74, 6) is 0.186. The van der Waals surface area contributed by atoms with Crippen LogP contribution >= 0.6 is 55.2 Å². The van der Waals surface area contributed by atoms with Crippen molar-refractivity contribution in [3.8, 4) is 11.5 Å². The van der Waals surface area contributed by atoms with E-state index in [2.05, 4.69) is 31.9 Å². The molecule has 1 saturated heterocycles. The van der Waals surface area contributed by atoms with Crippen LogP contribution in [0.1, 0.15) is 5.56 Å². The number of thioether (sulfide) groups is 1. The Balaban J connectivity index is 1.69. The zero-order chi connectivity index (χ0) is 19.6. The van der Waals surface area contributed by atoms with Gasteiger partial charge in [0.05, 0.1) is 25.4 Å². The molecular weight excluding hydrogens is 522 g/mol. The number of phenols is 1. The van der Waals surface area contributed by atoms with E-state index in [4.69, 9.17) is 16.3 Å². The number of carbonyl (C=O) groups is 2. The van der Waals surface area contributed by atoms with Gasteiger partial charge in [-0.25, -0.2) is 0 Å². The predicted molar refractivity (Wildman–Crippen MR) is 113 cm³/mol. The van der Waals surface area contributed by atoms with Crippen molar-refractivity contribution < 1.29 is 19.4 Å². The molecule has 0 saturated carbocycles. The molecule has 0 aliphatic carbocycles. The summed E-state index contributed by atoms with van der Waals surface area (Å²) in [6.07, 6.45) is 1.61. The van der Waals surface area contributed by atoms with E-state index in [1.54, 1.807) is 42.5 Å². The molecule has 0 radical (unpaired) electrons. The zero-order valence-electron chi connectivity index (χ0n) is 13.6. The quantitative estimate of drug-likeness (QED) is 0.501. The Morgan fingerprint density at radius 2 is 1.85 bits per heavy atom. The van der Waals surface area contributed by atoms with E-state index in [0.717, 1.165) is 16.7 Å². The Morgan fingerprint density at radius 3 is 2.52 bits per heavy atom. The van der Waals surface area contributed by atoms with E-state index < -0.39 is 0 Å². The summed E-state index contributed by atoms with van der Waals surface area (Å²) >= 11 is 13.4. The Hall–Kier alpha value is -1.48. The van der Waals surface area contributed by atoms with Gasteiger partial charge in [-0.1, -0.05) is 23.7 Å². The van der Waals surface area contributed by atoms with E-state index in [1.165, 1.54) is 0 Å². The number of para-hydroxylation sites is 1. The largest absolute Gasteiger partial charge is 0.506 e. The van der Waals surface area contributed by atoms with Crippen molar-refractivity contribution in [2.75, 3.05) is 13.2 Å². The second kappa shape index (κ2) is 8.68. The monoisotopic (exact) mass is 531 g/mol. The summed E-state index contributed by atoms with van der Waals surface area (Å²) in [6.45, 7) is 0.265. The van der Waals surface area contributed by atoms with Crippen LogP contribution in [0.3, 0.4) is 0 Å². The van der Waals surface area contributed by atoms with Crippen LogP contribution in [0.25, 0.3) is 6.08 Å². The van der Waals surface area contributed by atoms with Gasteiger partial charge in [0.1, 0.15) is 18.1 Å². The van der Waals surface area contributed by atoms with Crippen molar-refractivity contribution in [1.82, 2.24) is 4.90 Å². The van der Waals surface area contributed by atoms with Crippen LogP contribution in [0.15, 0.2) is 50.2 Å². The van der Waals surface area contributed by atoms with Crippen molar-refractivity contribution in [3.05, 3.63) is 60.8 Å². The third-order valence-electron chi connectivity index (χ3n) is 3.62. The fraction of sp³-hybridized carbons (Fsp3) is 0.111. The van der Waals surface area contributed by atoms with Gasteiger partial charge < -0.3 is 9.84 Å². The Bertz CT molecular complexity index is 928. The molecule has 0 aromatic heterocycles. The Labute approximate surface area is 181 Å². The summed E-state index contributed by atoms with van der Waals surface area (Å²) in [5.41, 5.74) is 0.671. The average molecular weight is 534 g/mol. The number of amides is 2. The zero-order valence-corrected chi connectivity index (χ0v) is 18.4. The number of aromatic hydroxyl groups is 1. The molecule has 1 aliphatic heterocycles. The summed E-state index contributed by atoms with van der Waals surface area (Å²) in [5, 5.41) is 9.88. The van der Waals surface area contributed by atoms with Crippen LogP contribution in [0.5, 0.6) is 11.5 Å². The van der Waals surface area contributed by atoms with E-state index in [0.29, 0.717) is 30.2 Å². The highest BCUT2D eigenvalue weighted by molar-refractivity contribution is 9.11. The normalized spacial score (nSPS) is 15.7. The first kappa shape index (κ1) is 20.3. The van der Waals surface area contributed by atoms with Crippen molar-refractivity contribution in [3.63, 3.8) is 0 Å². The summed E-state index contributed by atoms with van der Waals surface area (Å²) < 4.78 is 6.51. The highest BCUT2D eigenvalue weighted by Crippen LogP contribution is 2.36. The number of imide groups is 1. The fourth-order valence-corrected chi connectivity index (χ4v) is 4.60.